The number of hydrogen-bond donors (Lipinski definition) is 2. The summed E-state index contributed by atoms with van der Waals surface area (Å²) < 4.78 is 5.00. The van der Waals surface area contributed by atoms with E-state index >= 15 is 0 Å². The quantitative estimate of drug-likeness (QED) is 0.766. The molecule has 0 atom stereocenters. The number of amides is 4. The molecule has 0 saturated carbocycles. The zero-order valence-corrected chi connectivity index (χ0v) is 11.8. The topological polar surface area (TPSA) is 84.5 Å². The van der Waals surface area contributed by atoms with Gasteiger partial charge in [0, 0.05) is 13.7 Å². The van der Waals surface area contributed by atoms with Gasteiger partial charge in [-0.15, -0.1) is 0 Å². The van der Waals surface area contributed by atoms with Crippen LogP contribution in [0.25, 0.3) is 0 Å². The third kappa shape index (κ3) is 3.28. The molecule has 0 radical (unpaired) electrons. The number of ether oxygens (including phenoxy) is 1. The SMILES string of the molecule is COCCC1(CCc2ccccc2)C(=O)NC(=O)NC1=O. The Labute approximate surface area is 122 Å². The molecule has 1 fully saturated rings. The minimum absolute atomic E-state index is 0.237. The summed E-state index contributed by atoms with van der Waals surface area (Å²) >= 11 is 0. The summed E-state index contributed by atoms with van der Waals surface area (Å²) in [7, 11) is 1.51. The number of imide groups is 2. The normalized spacial score (nSPS) is 17.3. The molecule has 0 spiro atoms. The van der Waals surface area contributed by atoms with Crippen molar-refractivity contribution < 1.29 is 19.1 Å². The maximum absolute atomic E-state index is 12.2. The highest BCUT2D eigenvalue weighted by atomic mass is 16.5. The first-order valence-corrected chi connectivity index (χ1v) is 6.78. The second-order valence-electron chi connectivity index (χ2n) is 5.05. The molecular formula is C15H18N2O4. The monoisotopic (exact) mass is 290 g/mol. The number of benzene rings is 1. The van der Waals surface area contributed by atoms with Crippen molar-refractivity contribution in [2.45, 2.75) is 19.3 Å². The fourth-order valence-corrected chi connectivity index (χ4v) is 2.44. The summed E-state index contributed by atoms with van der Waals surface area (Å²) in [6.07, 6.45) is 1.13. The highest BCUT2D eigenvalue weighted by Crippen LogP contribution is 2.31. The van der Waals surface area contributed by atoms with E-state index in [9.17, 15) is 14.4 Å². The van der Waals surface area contributed by atoms with Crippen LogP contribution >= 0.6 is 0 Å². The second kappa shape index (κ2) is 6.49. The molecule has 1 saturated heterocycles. The van der Waals surface area contributed by atoms with Gasteiger partial charge in [-0.2, -0.15) is 0 Å². The summed E-state index contributed by atoms with van der Waals surface area (Å²) in [6.45, 7) is 0.268. The van der Waals surface area contributed by atoms with E-state index in [4.69, 9.17) is 4.74 Å². The predicted molar refractivity (Wildman–Crippen MR) is 75.4 cm³/mol. The number of methoxy groups -OCH3 is 1. The lowest BCUT2D eigenvalue weighted by Crippen LogP contribution is -2.62. The average Bonchev–Trinajstić information content (AvgIpc) is 2.47. The third-order valence-corrected chi connectivity index (χ3v) is 3.74. The first kappa shape index (κ1) is 15.2. The van der Waals surface area contributed by atoms with Crippen LogP contribution in [0.3, 0.4) is 0 Å². The molecule has 0 bridgehead atoms. The lowest BCUT2D eigenvalue weighted by molar-refractivity contribution is -0.146. The average molecular weight is 290 g/mol. The van der Waals surface area contributed by atoms with Gasteiger partial charge in [-0.25, -0.2) is 4.79 Å². The van der Waals surface area contributed by atoms with Gasteiger partial charge < -0.3 is 4.74 Å². The molecule has 1 aliphatic rings. The van der Waals surface area contributed by atoms with E-state index in [1.807, 2.05) is 30.3 Å². The van der Waals surface area contributed by atoms with Crippen molar-refractivity contribution >= 4 is 17.8 Å². The van der Waals surface area contributed by atoms with Gasteiger partial charge in [0.25, 0.3) is 0 Å². The van der Waals surface area contributed by atoms with Gasteiger partial charge in [0.2, 0.25) is 11.8 Å². The van der Waals surface area contributed by atoms with Crippen molar-refractivity contribution in [1.82, 2.24) is 10.6 Å². The van der Waals surface area contributed by atoms with Gasteiger partial charge in [-0.05, 0) is 24.8 Å². The molecule has 112 valence electrons. The number of rotatable bonds is 6. The van der Waals surface area contributed by atoms with Crippen LogP contribution in [0.2, 0.25) is 0 Å². The Morgan fingerprint density at radius 2 is 1.62 bits per heavy atom. The second-order valence-corrected chi connectivity index (χ2v) is 5.05. The molecule has 1 heterocycles. The van der Waals surface area contributed by atoms with Crippen LogP contribution in [0.1, 0.15) is 18.4 Å². The lowest BCUT2D eigenvalue weighted by Gasteiger charge is -2.33. The Hall–Kier alpha value is -2.21. The Bertz CT molecular complexity index is 522. The standard InChI is InChI=1S/C15H18N2O4/c1-21-10-9-15(8-7-11-5-3-2-4-6-11)12(18)16-14(20)17-13(15)19/h2-6H,7-10H2,1H3,(H2,16,17,18,19,20). The zero-order valence-electron chi connectivity index (χ0n) is 11.8. The van der Waals surface area contributed by atoms with Crippen molar-refractivity contribution in [2.24, 2.45) is 5.41 Å². The first-order chi connectivity index (χ1) is 10.1. The summed E-state index contributed by atoms with van der Waals surface area (Å²) in [6, 6.07) is 8.83. The summed E-state index contributed by atoms with van der Waals surface area (Å²) in [5.41, 5.74) is -0.230. The molecule has 1 aromatic carbocycles. The van der Waals surface area contributed by atoms with E-state index in [1.54, 1.807) is 0 Å². The first-order valence-electron chi connectivity index (χ1n) is 6.78. The summed E-state index contributed by atoms with van der Waals surface area (Å²) in [4.78, 5) is 35.7. The number of carbonyl (C=O) groups excluding carboxylic acids is 3. The molecule has 21 heavy (non-hydrogen) atoms. The maximum atomic E-state index is 12.2. The maximum Gasteiger partial charge on any atom is 0.328 e. The Morgan fingerprint density at radius 3 is 2.19 bits per heavy atom. The molecule has 6 nitrogen and oxygen atoms in total. The van der Waals surface area contributed by atoms with Crippen LogP contribution in [0.5, 0.6) is 0 Å². The number of nitrogens with one attached hydrogen (secondary N) is 2. The van der Waals surface area contributed by atoms with E-state index in [0.717, 1.165) is 5.56 Å². The Kier molecular flexibility index (Phi) is 4.70. The molecule has 1 aromatic rings. The Balaban J connectivity index is 2.18. The fraction of sp³-hybridized carbons (Fsp3) is 0.400. The van der Waals surface area contributed by atoms with E-state index in [0.29, 0.717) is 12.8 Å². The molecule has 0 unspecified atom stereocenters. The predicted octanol–water partition coefficient (Wildman–Crippen LogP) is 1.01. The van der Waals surface area contributed by atoms with Gasteiger partial charge in [0.1, 0.15) is 5.41 Å². The van der Waals surface area contributed by atoms with Crippen molar-refractivity contribution in [2.75, 3.05) is 13.7 Å². The molecule has 6 heteroatoms. The van der Waals surface area contributed by atoms with Crippen LogP contribution in [0, 0.1) is 5.41 Å². The van der Waals surface area contributed by atoms with E-state index < -0.39 is 23.3 Å². The van der Waals surface area contributed by atoms with Crippen LogP contribution in [0.4, 0.5) is 4.79 Å². The van der Waals surface area contributed by atoms with Crippen molar-refractivity contribution in [3.63, 3.8) is 0 Å². The summed E-state index contributed by atoms with van der Waals surface area (Å²) in [5.74, 6) is -1.10. The molecular weight excluding hydrogens is 272 g/mol. The summed E-state index contributed by atoms with van der Waals surface area (Å²) in [5, 5.41) is 4.36. The van der Waals surface area contributed by atoms with E-state index in [2.05, 4.69) is 10.6 Å². The number of aryl methyl sites for hydroxylation is 1. The number of barbiturate groups is 1. The number of hydrogen-bond acceptors (Lipinski definition) is 4. The molecule has 4 amide bonds. The molecule has 2 rings (SSSR count). The van der Waals surface area contributed by atoms with Gasteiger partial charge in [-0.1, -0.05) is 30.3 Å². The highest BCUT2D eigenvalue weighted by Gasteiger charge is 2.49. The molecule has 2 N–H and O–H groups in total. The van der Waals surface area contributed by atoms with Gasteiger partial charge in [-0.3, -0.25) is 20.2 Å². The van der Waals surface area contributed by atoms with Crippen molar-refractivity contribution in [3.05, 3.63) is 35.9 Å². The minimum Gasteiger partial charge on any atom is -0.385 e. The zero-order chi connectivity index (χ0) is 15.3. The van der Waals surface area contributed by atoms with Crippen molar-refractivity contribution in [1.29, 1.82) is 0 Å². The minimum atomic E-state index is -1.26. The molecule has 0 aliphatic carbocycles. The van der Waals surface area contributed by atoms with Gasteiger partial charge in [0.05, 0.1) is 0 Å². The fourth-order valence-electron chi connectivity index (χ4n) is 2.44. The van der Waals surface area contributed by atoms with Gasteiger partial charge >= 0.3 is 6.03 Å². The lowest BCUT2D eigenvalue weighted by atomic mass is 9.76. The van der Waals surface area contributed by atoms with Gasteiger partial charge in [0.15, 0.2) is 0 Å². The van der Waals surface area contributed by atoms with Crippen LogP contribution in [0.15, 0.2) is 30.3 Å². The van der Waals surface area contributed by atoms with Crippen LogP contribution < -0.4 is 10.6 Å². The molecule has 0 aromatic heterocycles. The largest absolute Gasteiger partial charge is 0.385 e. The number of carbonyl (C=O) groups is 3. The smallest absolute Gasteiger partial charge is 0.328 e. The third-order valence-electron chi connectivity index (χ3n) is 3.74. The Morgan fingerprint density at radius 1 is 1.00 bits per heavy atom. The van der Waals surface area contributed by atoms with Crippen LogP contribution in [-0.4, -0.2) is 31.6 Å². The highest BCUT2D eigenvalue weighted by molar-refractivity contribution is 6.19. The number of urea groups is 1. The van der Waals surface area contributed by atoms with Crippen molar-refractivity contribution in [3.8, 4) is 0 Å². The van der Waals surface area contributed by atoms with Crippen LogP contribution in [-0.2, 0) is 20.7 Å². The van der Waals surface area contributed by atoms with E-state index in [1.165, 1.54) is 7.11 Å². The molecule has 1 aliphatic heterocycles. The van der Waals surface area contributed by atoms with E-state index in [-0.39, 0.29) is 13.0 Å².